The molecule has 0 N–H and O–H groups in total. The molecule has 2 fully saturated rings. The third-order valence-electron chi connectivity index (χ3n) is 3.16. The Balaban J connectivity index is 1.79. The van der Waals surface area contributed by atoms with Crippen LogP contribution in [0.4, 0.5) is 0 Å². The minimum absolute atomic E-state index is 0.385. The van der Waals surface area contributed by atoms with Gasteiger partial charge in [0.25, 0.3) is 0 Å². The topological polar surface area (TPSA) is 12.5 Å². The van der Waals surface area contributed by atoms with E-state index in [2.05, 4.69) is 25.8 Å². The number of fused-ring (bicyclic) bond motifs is 1. The maximum atomic E-state index is 5.65. The molecule has 12 heavy (non-hydrogen) atoms. The van der Waals surface area contributed by atoms with Crippen molar-refractivity contribution in [3.63, 3.8) is 0 Å². The van der Waals surface area contributed by atoms with Crippen LogP contribution in [0.2, 0.25) is 0 Å². The fourth-order valence-electron chi connectivity index (χ4n) is 2.33. The lowest BCUT2D eigenvalue weighted by molar-refractivity contribution is 0.0357. The van der Waals surface area contributed by atoms with Gasteiger partial charge in [-0.25, -0.2) is 0 Å². The Kier molecular flexibility index (Phi) is 2.13. The van der Waals surface area contributed by atoms with Gasteiger partial charge in [-0.1, -0.05) is 0 Å². The van der Waals surface area contributed by atoms with E-state index >= 15 is 0 Å². The fraction of sp³-hybridized carbons (Fsp3) is 1.00. The van der Waals surface area contributed by atoms with Crippen LogP contribution in [-0.4, -0.2) is 37.2 Å². The molecule has 0 unspecified atom stereocenters. The van der Waals surface area contributed by atoms with E-state index in [0.717, 1.165) is 24.5 Å². The highest BCUT2D eigenvalue weighted by atomic mass is 16.5. The summed E-state index contributed by atoms with van der Waals surface area (Å²) in [5.41, 5.74) is 0. The highest BCUT2D eigenvalue weighted by Crippen LogP contribution is 2.48. The quantitative estimate of drug-likeness (QED) is 0.632. The number of piperidine rings is 1. The van der Waals surface area contributed by atoms with Gasteiger partial charge in [-0.3, -0.25) is 0 Å². The number of ether oxygens (including phenoxy) is 1. The smallest absolute Gasteiger partial charge is 0.0628 e. The Bertz CT molecular complexity index is 167. The standard InChI is InChI=1S/C10H19NO/c1-7(2)12-6-10-9-4-8(9)5-11(10)3/h7-10H,4-6H2,1-3H3/t8-,9-,10+/m0/s1. The van der Waals surface area contributed by atoms with Crippen molar-refractivity contribution >= 4 is 0 Å². The van der Waals surface area contributed by atoms with Gasteiger partial charge in [-0.05, 0) is 39.2 Å². The van der Waals surface area contributed by atoms with Crippen molar-refractivity contribution < 1.29 is 4.74 Å². The summed E-state index contributed by atoms with van der Waals surface area (Å²) in [6.07, 6.45) is 1.84. The van der Waals surface area contributed by atoms with Gasteiger partial charge >= 0.3 is 0 Å². The van der Waals surface area contributed by atoms with Crippen LogP contribution in [0, 0.1) is 11.8 Å². The zero-order valence-electron chi connectivity index (χ0n) is 8.29. The number of nitrogens with zero attached hydrogens (tertiary/aromatic N) is 1. The third kappa shape index (κ3) is 1.50. The van der Waals surface area contributed by atoms with Gasteiger partial charge in [0.2, 0.25) is 0 Å². The molecule has 0 bridgehead atoms. The van der Waals surface area contributed by atoms with Gasteiger partial charge < -0.3 is 9.64 Å². The number of hydrogen-bond donors (Lipinski definition) is 0. The molecule has 1 saturated carbocycles. The SMILES string of the molecule is CC(C)OC[C@@H]1[C@H]2C[C@H]2CN1C. The summed E-state index contributed by atoms with van der Waals surface area (Å²) in [5, 5.41) is 0. The zero-order chi connectivity index (χ0) is 8.72. The normalized spacial score (nSPS) is 40.5. The van der Waals surface area contributed by atoms with Crippen LogP contribution in [0.15, 0.2) is 0 Å². The minimum atomic E-state index is 0.385. The number of hydrogen-bond acceptors (Lipinski definition) is 2. The van der Waals surface area contributed by atoms with Crippen LogP contribution in [0.5, 0.6) is 0 Å². The van der Waals surface area contributed by atoms with Gasteiger partial charge in [0, 0.05) is 12.6 Å². The van der Waals surface area contributed by atoms with E-state index in [1.165, 1.54) is 13.0 Å². The molecule has 2 heteroatoms. The summed E-state index contributed by atoms with van der Waals surface area (Å²) in [7, 11) is 2.22. The second kappa shape index (κ2) is 3.00. The van der Waals surface area contributed by atoms with Crippen molar-refractivity contribution in [1.29, 1.82) is 0 Å². The average molecular weight is 169 g/mol. The first-order valence-electron chi connectivity index (χ1n) is 5.00. The molecule has 0 radical (unpaired) electrons. The summed E-state index contributed by atoms with van der Waals surface area (Å²) >= 11 is 0. The van der Waals surface area contributed by atoms with Crippen LogP contribution in [-0.2, 0) is 4.74 Å². The minimum Gasteiger partial charge on any atom is -0.377 e. The number of likely N-dealkylation sites (tertiary alicyclic amines) is 1. The molecular weight excluding hydrogens is 150 g/mol. The molecule has 0 amide bonds. The molecule has 70 valence electrons. The van der Waals surface area contributed by atoms with Crippen molar-refractivity contribution in [2.45, 2.75) is 32.4 Å². The van der Waals surface area contributed by atoms with E-state index in [0.29, 0.717) is 6.10 Å². The number of likely N-dealkylation sites (N-methyl/N-ethyl adjacent to an activating group) is 1. The highest BCUT2D eigenvalue weighted by molar-refractivity contribution is 5.03. The summed E-state index contributed by atoms with van der Waals surface area (Å²) in [6, 6.07) is 0.720. The molecular formula is C10H19NO. The van der Waals surface area contributed by atoms with Crippen molar-refractivity contribution in [2.75, 3.05) is 20.2 Å². The van der Waals surface area contributed by atoms with E-state index in [9.17, 15) is 0 Å². The molecule has 0 spiro atoms. The zero-order valence-corrected chi connectivity index (χ0v) is 8.29. The Hall–Kier alpha value is -0.0800. The Morgan fingerprint density at radius 2 is 2.25 bits per heavy atom. The molecule has 0 aromatic carbocycles. The predicted octanol–water partition coefficient (Wildman–Crippen LogP) is 1.36. The lowest BCUT2D eigenvalue weighted by Gasteiger charge is -2.23. The summed E-state index contributed by atoms with van der Waals surface area (Å²) in [6.45, 7) is 6.46. The van der Waals surface area contributed by atoms with Crippen molar-refractivity contribution in [3.8, 4) is 0 Å². The molecule has 2 rings (SSSR count). The Morgan fingerprint density at radius 3 is 2.75 bits per heavy atom. The van der Waals surface area contributed by atoms with Crippen molar-refractivity contribution in [2.24, 2.45) is 11.8 Å². The van der Waals surface area contributed by atoms with E-state index < -0.39 is 0 Å². The monoisotopic (exact) mass is 169 g/mol. The Labute approximate surface area is 74.9 Å². The maximum absolute atomic E-state index is 5.65. The van der Waals surface area contributed by atoms with Crippen LogP contribution >= 0.6 is 0 Å². The van der Waals surface area contributed by atoms with Gasteiger partial charge in [-0.2, -0.15) is 0 Å². The van der Waals surface area contributed by atoms with Gasteiger partial charge in [0.15, 0.2) is 0 Å². The Morgan fingerprint density at radius 1 is 1.50 bits per heavy atom. The molecule has 0 aromatic heterocycles. The molecule has 2 aliphatic rings. The first-order chi connectivity index (χ1) is 5.68. The first-order valence-corrected chi connectivity index (χ1v) is 5.00. The lowest BCUT2D eigenvalue weighted by atomic mass is 10.2. The lowest BCUT2D eigenvalue weighted by Crippen LogP contribution is -2.34. The van der Waals surface area contributed by atoms with Crippen LogP contribution in [0.3, 0.4) is 0 Å². The fourth-order valence-corrected chi connectivity index (χ4v) is 2.33. The highest BCUT2D eigenvalue weighted by Gasteiger charge is 2.50. The van der Waals surface area contributed by atoms with Crippen LogP contribution in [0.1, 0.15) is 20.3 Å². The van der Waals surface area contributed by atoms with Crippen LogP contribution in [0.25, 0.3) is 0 Å². The largest absolute Gasteiger partial charge is 0.377 e. The first kappa shape index (κ1) is 8.52. The third-order valence-corrected chi connectivity index (χ3v) is 3.16. The molecule has 1 saturated heterocycles. The molecule has 2 nitrogen and oxygen atoms in total. The molecule has 1 aliphatic heterocycles. The summed E-state index contributed by atoms with van der Waals surface area (Å²) < 4.78 is 5.65. The van der Waals surface area contributed by atoms with Gasteiger partial charge in [0.1, 0.15) is 0 Å². The summed E-state index contributed by atoms with van der Waals surface area (Å²) in [4.78, 5) is 2.46. The van der Waals surface area contributed by atoms with E-state index in [-0.39, 0.29) is 0 Å². The second-order valence-corrected chi connectivity index (χ2v) is 4.55. The maximum Gasteiger partial charge on any atom is 0.0628 e. The molecule has 1 aliphatic carbocycles. The van der Waals surface area contributed by atoms with E-state index in [1.54, 1.807) is 0 Å². The van der Waals surface area contributed by atoms with Crippen LogP contribution < -0.4 is 0 Å². The van der Waals surface area contributed by atoms with E-state index in [4.69, 9.17) is 4.74 Å². The predicted molar refractivity (Wildman–Crippen MR) is 49.1 cm³/mol. The molecule has 3 atom stereocenters. The van der Waals surface area contributed by atoms with Crippen molar-refractivity contribution in [1.82, 2.24) is 4.90 Å². The average Bonchev–Trinajstić information content (AvgIpc) is 2.62. The molecule has 0 aromatic rings. The molecule has 1 heterocycles. The van der Waals surface area contributed by atoms with E-state index in [1.807, 2.05) is 0 Å². The van der Waals surface area contributed by atoms with Gasteiger partial charge in [-0.15, -0.1) is 0 Å². The van der Waals surface area contributed by atoms with Crippen molar-refractivity contribution in [3.05, 3.63) is 0 Å². The van der Waals surface area contributed by atoms with Gasteiger partial charge in [0.05, 0.1) is 12.7 Å². The second-order valence-electron chi connectivity index (χ2n) is 4.55. The number of rotatable bonds is 3. The summed E-state index contributed by atoms with van der Waals surface area (Å²) in [5.74, 6) is 1.98.